The highest BCUT2D eigenvalue weighted by Gasteiger charge is 2.37. The van der Waals surface area contributed by atoms with Gasteiger partial charge in [-0.2, -0.15) is 10.2 Å². The number of ether oxygens (including phenoxy) is 1. The maximum absolute atomic E-state index is 12.5. The van der Waals surface area contributed by atoms with Gasteiger partial charge in [-0.25, -0.2) is 4.79 Å². The first-order valence-electron chi connectivity index (χ1n) is 13.6. The molecule has 1 aromatic heterocycles. The van der Waals surface area contributed by atoms with Crippen molar-refractivity contribution in [3.05, 3.63) is 34.7 Å². The molecule has 0 radical (unpaired) electrons. The molecule has 5 heterocycles. The van der Waals surface area contributed by atoms with E-state index in [2.05, 4.69) is 57.3 Å². The molecule has 4 aliphatic heterocycles. The van der Waals surface area contributed by atoms with Gasteiger partial charge in [-0.3, -0.25) is 9.69 Å². The summed E-state index contributed by atoms with van der Waals surface area (Å²) in [6.07, 6.45) is 13.1. The van der Waals surface area contributed by atoms with E-state index in [0.717, 1.165) is 70.6 Å². The fourth-order valence-electron chi connectivity index (χ4n) is 6.69. The molecule has 1 N–H and O–H groups in total. The van der Waals surface area contributed by atoms with Gasteiger partial charge in [0.2, 0.25) is 0 Å². The van der Waals surface area contributed by atoms with Crippen LogP contribution in [0.4, 0.5) is 10.6 Å². The number of hydrogen-bond acceptors (Lipinski definition) is 6. The second-order valence-electron chi connectivity index (χ2n) is 10.9. The van der Waals surface area contributed by atoms with Gasteiger partial charge in [-0.05, 0) is 56.6 Å². The van der Waals surface area contributed by atoms with Crippen LogP contribution in [0.25, 0.3) is 0 Å². The highest BCUT2D eigenvalue weighted by Crippen LogP contribution is 2.42. The van der Waals surface area contributed by atoms with Crippen LogP contribution in [0.1, 0.15) is 56.3 Å². The van der Waals surface area contributed by atoms with Gasteiger partial charge in [-0.1, -0.05) is 6.08 Å². The van der Waals surface area contributed by atoms with Crippen molar-refractivity contribution >= 4 is 18.1 Å². The van der Waals surface area contributed by atoms with Crippen molar-refractivity contribution in [2.75, 3.05) is 45.3 Å². The molecule has 6 rings (SSSR count). The Balaban J connectivity index is 1.33. The highest BCUT2D eigenvalue weighted by molar-refractivity contribution is 5.75. The van der Waals surface area contributed by atoms with Gasteiger partial charge < -0.3 is 19.9 Å². The minimum absolute atomic E-state index is 0.0123. The predicted molar refractivity (Wildman–Crippen MR) is 140 cm³/mol. The fourth-order valence-corrected chi connectivity index (χ4v) is 6.69. The third kappa shape index (κ3) is 4.01. The zero-order valence-corrected chi connectivity index (χ0v) is 21.8. The summed E-state index contributed by atoms with van der Waals surface area (Å²) in [6.45, 7) is 6.17. The lowest BCUT2D eigenvalue weighted by molar-refractivity contribution is 0.0651. The molecule has 2 amide bonds. The number of carbonyl (C=O) groups excluding carboxylic acids is 1. The van der Waals surface area contributed by atoms with Gasteiger partial charge in [0.1, 0.15) is 0 Å². The molecular weight excluding hydrogens is 454 g/mol. The summed E-state index contributed by atoms with van der Waals surface area (Å²) in [7, 11) is 3.78. The lowest BCUT2D eigenvalue weighted by Gasteiger charge is -2.37. The number of rotatable bonds is 3. The zero-order chi connectivity index (χ0) is 24.8. The molecule has 9 heteroatoms. The van der Waals surface area contributed by atoms with E-state index in [4.69, 9.17) is 9.84 Å². The summed E-state index contributed by atoms with van der Waals surface area (Å²) in [6, 6.07) is 0.790. The van der Waals surface area contributed by atoms with E-state index in [9.17, 15) is 4.79 Å². The van der Waals surface area contributed by atoms with Crippen molar-refractivity contribution in [2.45, 2.75) is 64.1 Å². The molecule has 1 aliphatic carbocycles. The minimum Gasteiger partial charge on any atom is -0.381 e. The van der Waals surface area contributed by atoms with E-state index in [1.54, 1.807) is 7.05 Å². The fraction of sp³-hybridized carbons (Fsp3) is 0.667. The molecule has 1 aromatic rings. The first-order chi connectivity index (χ1) is 17.5. The van der Waals surface area contributed by atoms with Crippen LogP contribution in [0.15, 0.2) is 28.5 Å². The smallest absolute Gasteiger partial charge is 0.317 e. The SMILES string of the molecule is CNC(=O)N1CCc2c(c(N3CCCC4=C3C=CC(C3C=NN(C)C3C)C4)nn2C2CCOCC2)C1. The van der Waals surface area contributed by atoms with Gasteiger partial charge in [0, 0.05) is 75.9 Å². The van der Waals surface area contributed by atoms with E-state index in [-0.39, 0.29) is 6.03 Å². The second kappa shape index (κ2) is 9.57. The lowest BCUT2D eigenvalue weighted by atomic mass is 9.78. The summed E-state index contributed by atoms with van der Waals surface area (Å²) in [5, 5.41) is 14.8. The van der Waals surface area contributed by atoms with Gasteiger partial charge in [0.05, 0.1) is 18.6 Å². The van der Waals surface area contributed by atoms with E-state index < -0.39 is 0 Å². The molecule has 0 saturated carbocycles. The van der Waals surface area contributed by atoms with Crippen molar-refractivity contribution in [2.24, 2.45) is 16.9 Å². The minimum atomic E-state index is -0.0123. The third-order valence-electron chi connectivity index (χ3n) is 8.92. The molecule has 0 spiro atoms. The molecule has 1 saturated heterocycles. The summed E-state index contributed by atoms with van der Waals surface area (Å²) >= 11 is 0. The maximum Gasteiger partial charge on any atom is 0.317 e. The normalized spacial score (nSPS) is 28.5. The molecule has 1 fully saturated rings. The summed E-state index contributed by atoms with van der Waals surface area (Å²) in [4.78, 5) is 16.9. The molecule has 194 valence electrons. The number of nitrogens with one attached hydrogen (secondary N) is 1. The first-order valence-corrected chi connectivity index (χ1v) is 13.6. The number of hydrazone groups is 1. The molecule has 9 nitrogen and oxygen atoms in total. The molecular formula is C27H39N7O2. The van der Waals surface area contributed by atoms with Crippen molar-refractivity contribution in [3.63, 3.8) is 0 Å². The van der Waals surface area contributed by atoms with Crippen LogP contribution in [-0.4, -0.2) is 78.4 Å². The van der Waals surface area contributed by atoms with Gasteiger partial charge >= 0.3 is 6.03 Å². The van der Waals surface area contributed by atoms with Crippen LogP contribution in [0.3, 0.4) is 0 Å². The average Bonchev–Trinajstić information content (AvgIpc) is 3.47. The number of allylic oxidation sites excluding steroid dienone is 3. The van der Waals surface area contributed by atoms with E-state index >= 15 is 0 Å². The third-order valence-corrected chi connectivity index (χ3v) is 8.92. The number of amides is 2. The summed E-state index contributed by atoms with van der Waals surface area (Å²) < 4.78 is 7.94. The van der Waals surface area contributed by atoms with E-state index in [1.807, 2.05) is 4.90 Å². The number of anilines is 1. The molecule has 0 bridgehead atoms. The van der Waals surface area contributed by atoms with Crippen LogP contribution in [-0.2, 0) is 17.7 Å². The lowest BCUT2D eigenvalue weighted by Crippen LogP contribution is -2.42. The van der Waals surface area contributed by atoms with Crippen LogP contribution < -0.4 is 10.2 Å². The Bertz CT molecular complexity index is 1100. The Hall–Kier alpha value is -2.81. The van der Waals surface area contributed by atoms with Gasteiger partial charge in [0.25, 0.3) is 0 Å². The average molecular weight is 494 g/mol. The Morgan fingerprint density at radius 3 is 2.78 bits per heavy atom. The molecule has 36 heavy (non-hydrogen) atoms. The molecule has 5 aliphatic rings. The number of aromatic nitrogens is 2. The van der Waals surface area contributed by atoms with E-state index in [0.29, 0.717) is 30.5 Å². The van der Waals surface area contributed by atoms with Crippen LogP contribution in [0.2, 0.25) is 0 Å². The predicted octanol–water partition coefficient (Wildman–Crippen LogP) is 3.30. The Morgan fingerprint density at radius 1 is 1.19 bits per heavy atom. The Morgan fingerprint density at radius 2 is 2.03 bits per heavy atom. The Kier molecular flexibility index (Phi) is 6.27. The number of nitrogens with zero attached hydrogens (tertiary/aromatic N) is 6. The van der Waals surface area contributed by atoms with Crippen molar-refractivity contribution in [1.82, 2.24) is 25.0 Å². The molecule has 3 unspecified atom stereocenters. The highest BCUT2D eigenvalue weighted by atomic mass is 16.5. The van der Waals surface area contributed by atoms with E-state index in [1.165, 1.54) is 22.5 Å². The quantitative estimate of drug-likeness (QED) is 0.699. The Labute approximate surface area is 213 Å². The second-order valence-corrected chi connectivity index (χ2v) is 10.9. The van der Waals surface area contributed by atoms with Crippen LogP contribution in [0, 0.1) is 11.8 Å². The number of urea groups is 1. The van der Waals surface area contributed by atoms with Crippen molar-refractivity contribution in [3.8, 4) is 0 Å². The van der Waals surface area contributed by atoms with Gasteiger partial charge in [-0.15, -0.1) is 0 Å². The first kappa shape index (κ1) is 23.6. The van der Waals surface area contributed by atoms with Crippen LogP contribution >= 0.6 is 0 Å². The van der Waals surface area contributed by atoms with Crippen molar-refractivity contribution in [1.29, 1.82) is 0 Å². The molecule has 3 atom stereocenters. The maximum atomic E-state index is 12.5. The summed E-state index contributed by atoms with van der Waals surface area (Å²) in [5.74, 6) is 2.00. The number of carbonyl (C=O) groups is 1. The monoisotopic (exact) mass is 493 g/mol. The van der Waals surface area contributed by atoms with Crippen molar-refractivity contribution < 1.29 is 9.53 Å². The van der Waals surface area contributed by atoms with Gasteiger partial charge in [0.15, 0.2) is 5.82 Å². The largest absolute Gasteiger partial charge is 0.381 e. The number of hydrogen-bond donors (Lipinski definition) is 1. The zero-order valence-electron chi connectivity index (χ0n) is 21.8. The summed E-state index contributed by atoms with van der Waals surface area (Å²) in [5.41, 5.74) is 5.39. The standard InChI is InChI=1S/C27H39N7O2/c1-18-22(16-29-31(18)3)19-6-7-24-20(15-19)5-4-11-33(24)26-23-17-32(27(35)28-2)12-8-25(23)34(30-26)21-9-13-36-14-10-21/h6-7,16,18-19,21-22H,4-5,8-15,17H2,1-3H3,(H,28,35). The number of fused-ring (bicyclic) bond motifs is 1. The van der Waals surface area contributed by atoms with Crippen LogP contribution in [0.5, 0.6) is 0 Å². The molecule has 0 aromatic carbocycles. The topological polar surface area (TPSA) is 78.2 Å².